The van der Waals surface area contributed by atoms with Crippen LogP contribution in [0.3, 0.4) is 0 Å². The van der Waals surface area contributed by atoms with Gasteiger partial charge in [0.25, 0.3) is 11.8 Å². The Kier molecular flexibility index (Phi) is 4.29. The van der Waals surface area contributed by atoms with Crippen molar-refractivity contribution in [2.24, 2.45) is 40.6 Å². The van der Waals surface area contributed by atoms with Gasteiger partial charge in [-0.05, 0) is 59.9 Å². The first kappa shape index (κ1) is 18.8. The summed E-state index contributed by atoms with van der Waals surface area (Å²) >= 11 is 6.05. The van der Waals surface area contributed by atoms with Gasteiger partial charge in [-0.2, -0.15) is 10.1 Å². The van der Waals surface area contributed by atoms with Crippen molar-refractivity contribution in [1.82, 2.24) is 5.01 Å². The summed E-state index contributed by atoms with van der Waals surface area (Å²) in [5, 5.41) is 6.08. The highest BCUT2D eigenvalue weighted by Gasteiger charge is 2.67. The molecular weight excluding hydrogens is 412 g/mol. The van der Waals surface area contributed by atoms with E-state index in [4.69, 9.17) is 16.3 Å². The van der Waals surface area contributed by atoms with E-state index in [2.05, 4.69) is 17.3 Å². The molecule has 2 amide bonds. The molecule has 31 heavy (non-hydrogen) atoms. The normalized spacial score (nSPS) is 32.5. The number of para-hydroxylation sites is 1. The van der Waals surface area contributed by atoms with E-state index >= 15 is 0 Å². The molecule has 2 aromatic carbocycles. The van der Waals surface area contributed by atoms with Gasteiger partial charge in [0.2, 0.25) is 0 Å². The number of hydrogen-bond acceptors (Lipinski definition) is 4. The predicted molar refractivity (Wildman–Crippen MR) is 116 cm³/mol. The molecule has 3 fully saturated rings. The molecule has 6 heteroatoms. The number of nitrogens with zero attached hydrogens (tertiary/aromatic N) is 2. The molecule has 2 bridgehead atoms. The average molecular weight is 433 g/mol. The molecule has 4 aliphatic carbocycles. The van der Waals surface area contributed by atoms with Crippen LogP contribution in [0.15, 0.2) is 65.8 Å². The molecule has 0 spiro atoms. The Morgan fingerprint density at radius 2 is 1.71 bits per heavy atom. The largest absolute Gasteiger partial charge is 0.488 e. The SMILES string of the molecule is O=C1[C@@H]2[C@H]3C=C[C@@H]([C@@H]4C[C@@H]34)[C@H]2C(=O)N1/N=C\c1ccccc1OCc1cccc(Cl)c1. The Labute approximate surface area is 185 Å². The summed E-state index contributed by atoms with van der Waals surface area (Å²) in [6.07, 6.45) is 7.03. The van der Waals surface area contributed by atoms with Crippen LogP contribution >= 0.6 is 11.6 Å². The minimum Gasteiger partial charge on any atom is -0.488 e. The number of carbonyl (C=O) groups is 2. The smallest absolute Gasteiger partial charge is 0.254 e. The molecular formula is C25H21ClN2O3. The Bertz CT molecular complexity index is 1110. The van der Waals surface area contributed by atoms with Gasteiger partial charge >= 0.3 is 0 Å². The van der Waals surface area contributed by atoms with Gasteiger partial charge in [0.1, 0.15) is 12.4 Å². The zero-order chi connectivity index (χ0) is 21.1. The lowest BCUT2D eigenvalue weighted by Crippen LogP contribution is -2.40. The van der Waals surface area contributed by atoms with E-state index in [1.165, 1.54) is 0 Å². The number of imide groups is 1. The number of allylic oxidation sites excluding steroid dienone is 2. The van der Waals surface area contributed by atoms with Crippen LogP contribution in [0.25, 0.3) is 0 Å². The molecule has 5 nitrogen and oxygen atoms in total. The standard InChI is InChI=1S/C25H21ClN2O3/c26-16-6-3-4-14(10-16)13-31-21-7-2-1-5-15(21)12-27-28-24(29)22-17-8-9-18(20-11-19(17)20)23(22)25(28)30/h1-10,12,17-20,22-23H,11,13H2/b27-12-/t17-,18-,19-,20-,22+,23+/m0/s1. The van der Waals surface area contributed by atoms with Gasteiger partial charge in [0.15, 0.2) is 0 Å². The van der Waals surface area contributed by atoms with Crippen LogP contribution < -0.4 is 4.74 Å². The van der Waals surface area contributed by atoms with Crippen molar-refractivity contribution in [3.05, 3.63) is 76.8 Å². The van der Waals surface area contributed by atoms with Gasteiger partial charge in [0, 0.05) is 10.6 Å². The van der Waals surface area contributed by atoms with Crippen LogP contribution in [0.5, 0.6) is 5.75 Å². The van der Waals surface area contributed by atoms with Crippen LogP contribution in [0.4, 0.5) is 0 Å². The Morgan fingerprint density at radius 3 is 2.42 bits per heavy atom. The first-order valence-electron chi connectivity index (χ1n) is 10.7. The highest BCUT2D eigenvalue weighted by Crippen LogP contribution is 2.65. The predicted octanol–water partition coefficient (Wildman–Crippen LogP) is 4.31. The monoisotopic (exact) mass is 432 g/mol. The summed E-state index contributed by atoms with van der Waals surface area (Å²) in [6, 6.07) is 14.9. The first-order chi connectivity index (χ1) is 15.1. The molecule has 156 valence electrons. The second-order valence-corrected chi connectivity index (χ2v) is 9.28. The second-order valence-electron chi connectivity index (χ2n) is 8.84. The zero-order valence-corrected chi connectivity index (χ0v) is 17.5. The molecule has 7 rings (SSSR count). The lowest BCUT2D eigenvalue weighted by Gasteiger charge is -2.37. The molecule has 2 saturated carbocycles. The maximum Gasteiger partial charge on any atom is 0.254 e. The number of hydrogen-bond donors (Lipinski definition) is 0. The molecule has 0 unspecified atom stereocenters. The third-order valence-corrected chi connectivity index (χ3v) is 7.39. The van der Waals surface area contributed by atoms with Crippen molar-refractivity contribution in [3.63, 3.8) is 0 Å². The molecule has 1 heterocycles. The molecule has 1 aliphatic heterocycles. The number of rotatable bonds is 5. The summed E-state index contributed by atoms with van der Waals surface area (Å²) in [7, 11) is 0. The fourth-order valence-electron chi connectivity index (χ4n) is 5.68. The highest BCUT2D eigenvalue weighted by atomic mass is 35.5. The van der Waals surface area contributed by atoms with Crippen molar-refractivity contribution in [3.8, 4) is 5.75 Å². The van der Waals surface area contributed by atoms with Crippen molar-refractivity contribution >= 4 is 29.6 Å². The molecule has 0 radical (unpaired) electrons. The number of benzene rings is 2. The summed E-state index contributed by atoms with van der Waals surface area (Å²) < 4.78 is 5.96. The molecule has 1 saturated heterocycles. The molecule has 0 N–H and O–H groups in total. The Morgan fingerprint density at radius 1 is 1.00 bits per heavy atom. The van der Waals surface area contributed by atoms with Gasteiger partial charge < -0.3 is 4.74 Å². The minimum atomic E-state index is -0.238. The van der Waals surface area contributed by atoms with Gasteiger partial charge in [-0.25, -0.2) is 0 Å². The van der Waals surface area contributed by atoms with Crippen LogP contribution in [0, 0.1) is 35.5 Å². The summed E-state index contributed by atoms with van der Waals surface area (Å²) in [5.41, 5.74) is 1.67. The van der Waals surface area contributed by atoms with E-state index in [1.54, 1.807) is 6.21 Å². The zero-order valence-electron chi connectivity index (χ0n) is 16.7. The molecule has 5 aliphatic rings. The van der Waals surface area contributed by atoms with E-state index < -0.39 is 0 Å². The van der Waals surface area contributed by atoms with Crippen molar-refractivity contribution in [1.29, 1.82) is 0 Å². The molecule has 0 aromatic heterocycles. The van der Waals surface area contributed by atoms with Crippen molar-refractivity contribution in [2.45, 2.75) is 13.0 Å². The lowest BCUT2D eigenvalue weighted by molar-refractivity contribution is -0.140. The van der Waals surface area contributed by atoms with Gasteiger partial charge in [-0.15, -0.1) is 0 Å². The maximum absolute atomic E-state index is 13.1. The number of halogens is 1. The number of ether oxygens (including phenoxy) is 1. The van der Waals surface area contributed by atoms with Crippen molar-refractivity contribution in [2.75, 3.05) is 0 Å². The van der Waals surface area contributed by atoms with Crippen LogP contribution in [0.1, 0.15) is 17.5 Å². The Hall–Kier alpha value is -2.92. The van der Waals surface area contributed by atoms with E-state index in [9.17, 15) is 9.59 Å². The van der Waals surface area contributed by atoms with Gasteiger partial charge in [0.05, 0.1) is 18.1 Å². The third kappa shape index (κ3) is 3.02. The van der Waals surface area contributed by atoms with E-state index in [1.807, 2.05) is 48.5 Å². The topological polar surface area (TPSA) is 59.0 Å². The van der Waals surface area contributed by atoms with Crippen LogP contribution in [0.2, 0.25) is 5.02 Å². The van der Waals surface area contributed by atoms with Crippen LogP contribution in [-0.4, -0.2) is 23.0 Å². The summed E-state index contributed by atoms with van der Waals surface area (Å²) in [4.78, 5) is 26.1. The van der Waals surface area contributed by atoms with Gasteiger partial charge in [-0.3, -0.25) is 9.59 Å². The third-order valence-electron chi connectivity index (χ3n) is 7.15. The fraction of sp³-hybridized carbons (Fsp3) is 0.320. The Balaban J connectivity index is 1.21. The lowest BCUT2D eigenvalue weighted by atomic mass is 9.63. The fourth-order valence-corrected chi connectivity index (χ4v) is 5.89. The van der Waals surface area contributed by atoms with E-state index in [-0.39, 0.29) is 35.5 Å². The second kappa shape index (κ2) is 7.06. The van der Waals surface area contributed by atoms with Crippen LogP contribution in [-0.2, 0) is 16.2 Å². The quantitative estimate of drug-likeness (QED) is 0.402. The highest BCUT2D eigenvalue weighted by molar-refractivity contribution is 6.30. The summed E-state index contributed by atoms with van der Waals surface area (Å²) in [5.74, 6) is 1.40. The average Bonchev–Trinajstić information content (AvgIpc) is 3.56. The minimum absolute atomic E-state index is 0.159. The number of carbonyl (C=O) groups excluding carboxylic acids is 2. The first-order valence-corrected chi connectivity index (χ1v) is 11.1. The number of amides is 2. The molecule has 2 aromatic rings. The van der Waals surface area contributed by atoms with Gasteiger partial charge in [-0.1, -0.05) is 48.0 Å². The molecule has 6 atom stereocenters. The van der Waals surface area contributed by atoms with E-state index in [0.717, 1.165) is 17.0 Å². The maximum atomic E-state index is 13.1. The number of hydrazone groups is 1. The van der Waals surface area contributed by atoms with E-state index in [0.29, 0.717) is 34.8 Å². The summed E-state index contributed by atoms with van der Waals surface area (Å²) in [6.45, 7) is 0.356. The van der Waals surface area contributed by atoms with Crippen molar-refractivity contribution < 1.29 is 14.3 Å².